The Kier molecular flexibility index (Phi) is 3.93. The molecule has 0 aliphatic heterocycles. The fourth-order valence-electron chi connectivity index (χ4n) is 3.19. The number of nitrogens with two attached hydrogens (primary N) is 1. The van der Waals surface area contributed by atoms with Crippen molar-refractivity contribution in [2.45, 2.75) is 44.7 Å². The van der Waals surface area contributed by atoms with Crippen LogP contribution in [0.4, 0.5) is 0 Å². The lowest BCUT2D eigenvalue weighted by Gasteiger charge is -2.17. The monoisotopic (exact) mass is 282 g/mol. The van der Waals surface area contributed by atoms with Gasteiger partial charge in [0.1, 0.15) is 0 Å². The molecule has 1 aliphatic rings. The fourth-order valence-corrected chi connectivity index (χ4v) is 3.19. The number of hydrogen-bond acceptors (Lipinski definition) is 2. The molecule has 1 saturated carbocycles. The molecule has 0 spiro atoms. The van der Waals surface area contributed by atoms with Crippen LogP contribution in [0.15, 0.2) is 47.4 Å². The van der Waals surface area contributed by atoms with E-state index in [-0.39, 0.29) is 11.6 Å². The Morgan fingerprint density at radius 1 is 1.14 bits per heavy atom. The maximum Gasteiger partial charge on any atom is 0.255 e. The third kappa shape index (κ3) is 2.79. The first-order valence-electron chi connectivity index (χ1n) is 7.70. The van der Waals surface area contributed by atoms with E-state index in [1.807, 2.05) is 54.1 Å². The summed E-state index contributed by atoms with van der Waals surface area (Å²) in [6, 6.07) is 11.9. The Balaban J connectivity index is 1.96. The van der Waals surface area contributed by atoms with Crippen LogP contribution < -0.4 is 11.3 Å². The molecule has 1 fully saturated rings. The van der Waals surface area contributed by atoms with Crippen LogP contribution in [0.3, 0.4) is 0 Å². The summed E-state index contributed by atoms with van der Waals surface area (Å²) in [5.74, 6) is 0. The average Bonchev–Trinajstić information content (AvgIpc) is 3.02. The van der Waals surface area contributed by atoms with Crippen LogP contribution in [0.2, 0.25) is 0 Å². The maximum absolute atomic E-state index is 12.7. The highest BCUT2D eigenvalue weighted by Crippen LogP contribution is 2.28. The second-order valence-corrected chi connectivity index (χ2v) is 6.00. The van der Waals surface area contributed by atoms with E-state index in [1.165, 1.54) is 18.4 Å². The molecular formula is C18H22N2O. The van der Waals surface area contributed by atoms with Crippen molar-refractivity contribution in [3.63, 3.8) is 0 Å². The van der Waals surface area contributed by atoms with Crippen LogP contribution >= 0.6 is 0 Å². The third-order valence-corrected chi connectivity index (χ3v) is 4.49. The minimum atomic E-state index is -0.355. The SMILES string of the molecule is Cc1ccc(C(N)c2cccn(C3CCCC3)c2=O)cc1. The Bertz CT molecular complexity index is 666. The molecule has 3 rings (SSSR count). The van der Waals surface area contributed by atoms with Gasteiger partial charge in [0.2, 0.25) is 0 Å². The molecule has 1 aromatic carbocycles. The van der Waals surface area contributed by atoms with E-state index < -0.39 is 0 Å². The third-order valence-electron chi connectivity index (χ3n) is 4.49. The lowest BCUT2D eigenvalue weighted by Crippen LogP contribution is -2.30. The van der Waals surface area contributed by atoms with Gasteiger partial charge < -0.3 is 10.3 Å². The van der Waals surface area contributed by atoms with Gasteiger partial charge in [-0.25, -0.2) is 0 Å². The standard InChI is InChI=1S/C18H22N2O/c1-13-8-10-14(11-9-13)17(19)16-7-4-12-20(18(16)21)15-5-2-3-6-15/h4,7-12,15,17H,2-3,5-6,19H2,1H3. The van der Waals surface area contributed by atoms with Crippen molar-refractivity contribution in [2.75, 3.05) is 0 Å². The summed E-state index contributed by atoms with van der Waals surface area (Å²) in [7, 11) is 0. The van der Waals surface area contributed by atoms with Crippen LogP contribution in [0.25, 0.3) is 0 Å². The molecule has 1 heterocycles. The molecule has 3 nitrogen and oxygen atoms in total. The summed E-state index contributed by atoms with van der Waals surface area (Å²) < 4.78 is 1.89. The van der Waals surface area contributed by atoms with E-state index >= 15 is 0 Å². The molecule has 3 heteroatoms. The van der Waals surface area contributed by atoms with Crippen molar-refractivity contribution in [3.8, 4) is 0 Å². The topological polar surface area (TPSA) is 48.0 Å². The van der Waals surface area contributed by atoms with E-state index in [0.717, 1.165) is 18.4 Å². The number of aromatic nitrogens is 1. The Morgan fingerprint density at radius 3 is 2.48 bits per heavy atom. The zero-order valence-electron chi connectivity index (χ0n) is 12.5. The molecule has 2 aromatic rings. The normalized spacial score (nSPS) is 17.0. The number of benzene rings is 1. The quantitative estimate of drug-likeness (QED) is 0.938. The zero-order valence-corrected chi connectivity index (χ0v) is 12.5. The molecule has 0 saturated heterocycles. The largest absolute Gasteiger partial charge is 0.320 e. The summed E-state index contributed by atoms with van der Waals surface area (Å²) in [5.41, 5.74) is 9.26. The summed E-state index contributed by atoms with van der Waals surface area (Å²) in [6.45, 7) is 2.05. The predicted molar refractivity (Wildman–Crippen MR) is 85.4 cm³/mol. The van der Waals surface area contributed by atoms with Gasteiger partial charge in [-0.3, -0.25) is 4.79 Å². The summed E-state index contributed by atoms with van der Waals surface area (Å²) in [5, 5.41) is 0. The number of nitrogens with zero attached hydrogens (tertiary/aromatic N) is 1. The smallest absolute Gasteiger partial charge is 0.255 e. The highest BCUT2D eigenvalue weighted by atomic mass is 16.1. The number of rotatable bonds is 3. The van der Waals surface area contributed by atoms with Crippen LogP contribution in [0, 0.1) is 6.92 Å². The molecule has 2 N–H and O–H groups in total. The number of pyridine rings is 1. The van der Waals surface area contributed by atoms with Crippen LogP contribution in [0.5, 0.6) is 0 Å². The van der Waals surface area contributed by atoms with Crippen molar-refractivity contribution in [3.05, 3.63) is 69.6 Å². The Labute approximate surface area is 125 Å². The van der Waals surface area contributed by atoms with Crippen molar-refractivity contribution < 1.29 is 0 Å². The van der Waals surface area contributed by atoms with E-state index in [0.29, 0.717) is 11.6 Å². The summed E-state index contributed by atoms with van der Waals surface area (Å²) in [6.07, 6.45) is 6.53. The molecule has 0 radical (unpaired) electrons. The van der Waals surface area contributed by atoms with Crippen molar-refractivity contribution in [1.29, 1.82) is 0 Å². The van der Waals surface area contributed by atoms with E-state index in [4.69, 9.17) is 5.73 Å². The lowest BCUT2D eigenvalue weighted by atomic mass is 9.99. The van der Waals surface area contributed by atoms with Crippen LogP contribution in [0.1, 0.15) is 54.5 Å². The molecule has 1 unspecified atom stereocenters. The lowest BCUT2D eigenvalue weighted by molar-refractivity contribution is 0.497. The van der Waals surface area contributed by atoms with E-state index in [1.54, 1.807) is 0 Å². The van der Waals surface area contributed by atoms with Gasteiger partial charge >= 0.3 is 0 Å². The fraction of sp³-hybridized carbons (Fsp3) is 0.389. The first-order valence-corrected chi connectivity index (χ1v) is 7.70. The first kappa shape index (κ1) is 14.1. The van der Waals surface area contributed by atoms with Gasteiger partial charge in [-0.15, -0.1) is 0 Å². The minimum absolute atomic E-state index is 0.0671. The zero-order chi connectivity index (χ0) is 14.8. The molecule has 0 bridgehead atoms. The van der Waals surface area contributed by atoms with Crippen molar-refractivity contribution >= 4 is 0 Å². The second kappa shape index (κ2) is 5.86. The van der Waals surface area contributed by atoms with Gasteiger partial charge in [0.15, 0.2) is 0 Å². The van der Waals surface area contributed by atoms with Gasteiger partial charge in [0.25, 0.3) is 5.56 Å². The molecular weight excluding hydrogens is 260 g/mol. The molecule has 1 aliphatic carbocycles. The number of hydrogen-bond donors (Lipinski definition) is 1. The molecule has 21 heavy (non-hydrogen) atoms. The predicted octanol–water partition coefficient (Wildman–Crippen LogP) is 3.32. The maximum atomic E-state index is 12.7. The second-order valence-electron chi connectivity index (χ2n) is 6.00. The molecule has 1 aromatic heterocycles. The summed E-state index contributed by atoms with van der Waals surface area (Å²) in [4.78, 5) is 12.7. The highest BCUT2D eigenvalue weighted by molar-refractivity contribution is 5.31. The van der Waals surface area contributed by atoms with Gasteiger partial charge in [-0.05, 0) is 31.4 Å². The molecule has 110 valence electrons. The Hall–Kier alpha value is -1.87. The van der Waals surface area contributed by atoms with E-state index in [9.17, 15) is 4.79 Å². The van der Waals surface area contributed by atoms with E-state index in [2.05, 4.69) is 0 Å². The van der Waals surface area contributed by atoms with Crippen molar-refractivity contribution in [2.24, 2.45) is 5.73 Å². The average molecular weight is 282 g/mol. The highest BCUT2D eigenvalue weighted by Gasteiger charge is 2.20. The van der Waals surface area contributed by atoms with Crippen LogP contribution in [-0.4, -0.2) is 4.57 Å². The first-order chi connectivity index (χ1) is 10.2. The van der Waals surface area contributed by atoms with Crippen LogP contribution in [-0.2, 0) is 0 Å². The van der Waals surface area contributed by atoms with Crippen molar-refractivity contribution in [1.82, 2.24) is 4.57 Å². The summed E-state index contributed by atoms with van der Waals surface area (Å²) >= 11 is 0. The van der Waals surface area contributed by atoms with Gasteiger partial charge in [-0.2, -0.15) is 0 Å². The molecule has 1 atom stereocenters. The minimum Gasteiger partial charge on any atom is -0.320 e. The Morgan fingerprint density at radius 2 is 1.81 bits per heavy atom. The van der Waals surface area contributed by atoms with Gasteiger partial charge in [-0.1, -0.05) is 48.7 Å². The van der Waals surface area contributed by atoms with Gasteiger partial charge in [0.05, 0.1) is 6.04 Å². The number of aryl methyl sites for hydroxylation is 1. The molecule has 0 amide bonds. The van der Waals surface area contributed by atoms with Gasteiger partial charge in [0, 0.05) is 17.8 Å².